The van der Waals surface area contributed by atoms with Crippen molar-refractivity contribution >= 4 is 22.6 Å². The van der Waals surface area contributed by atoms with Crippen molar-refractivity contribution in [1.29, 1.82) is 0 Å². The van der Waals surface area contributed by atoms with Gasteiger partial charge in [0.1, 0.15) is 5.75 Å². The number of ether oxygens (including phenoxy) is 1. The highest BCUT2D eigenvalue weighted by Gasteiger charge is 2.09. The number of hydrogen-bond donors (Lipinski definition) is 0. The number of methoxy groups -OCH3 is 1. The van der Waals surface area contributed by atoms with Gasteiger partial charge >= 0.3 is 0 Å². The minimum Gasteiger partial charge on any atom is -0.497 e. The van der Waals surface area contributed by atoms with E-state index in [1.165, 1.54) is 10.2 Å². The predicted molar refractivity (Wildman–Crippen MR) is 103 cm³/mol. The van der Waals surface area contributed by atoms with Crippen molar-refractivity contribution in [2.24, 2.45) is 0 Å². The maximum atomic E-state index is 12.2. The van der Waals surface area contributed by atoms with Gasteiger partial charge in [-0.2, -0.15) is 5.10 Å². The second-order valence-corrected chi connectivity index (χ2v) is 6.71. The lowest BCUT2D eigenvalue weighted by Gasteiger charge is -2.10. The van der Waals surface area contributed by atoms with E-state index in [0.717, 1.165) is 26.1 Å². The molecule has 0 aliphatic heterocycles. The van der Waals surface area contributed by atoms with Crippen LogP contribution < -0.4 is 10.3 Å². The van der Waals surface area contributed by atoms with E-state index in [-0.39, 0.29) is 5.56 Å². The minimum absolute atomic E-state index is 0.108. The first-order valence-corrected chi connectivity index (χ1v) is 8.62. The van der Waals surface area contributed by atoms with Crippen LogP contribution in [0.5, 0.6) is 5.75 Å². The maximum Gasteiger partial charge on any atom is 0.267 e. The Hall–Kier alpha value is -2.15. The van der Waals surface area contributed by atoms with Gasteiger partial charge in [0.2, 0.25) is 0 Å². The molecule has 24 heavy (non-hydrogen) atoms. The lowest BCUT2D eigenvalue weighted by molar-refractivity contribution is 0.414. The van der Waals surface area contributed by atoms with E-state index < -0.39 is 0 Å². The normalized spacial score (nSPS) is 10.6. The average molecular weight is 432 g/mol. The molecule has 0 aliphatic carbocycles. The molecule has 0 aliphatic rings. The summed E-state index contributed by atoms with van der Waals surface area (Å²) in [5.74, 6) is 0.802. The van der Waals surface area contributed by atoms with Gasteiger partial charge in [-0.1, -0.05) is 29.8 Å². The van der Waals surface area contributed by atoms with E-state index in [1.54, 1.807) is 19.2 Å². The van der Waals surface area contributed by atoms with Crippen LogP contribution in [-0.2, 0) is 6.54 Å². The fourth-order valence-electron chi connectivity index (χ4n) is 2.52. The average Bonchev–Trinajstić information content (AvgIpc) is 2.57. The van der Waals surface area contributed by atoms with Crippen LogP contribution in [0.15, 0.2) is 59.4 Å². The van der Waals surface area contributed by atoms with Gasteiger partial charge in [-0.3, -0.25) is 4.79 Å². The number of halogens is 1. The first-order valence-electron chi connectivity index (χ1n) is 7.54. The Morgan fingerprint density at radius 1 is 1.12 bits per heavy atom. The number of aromatic nitrogens is 2. The van der Waals surface area contributed by atoms with Crippen molar-refractivity contribution in [2.45, 2.75) is 13.5 Å². The lowest BCUT2D eigenvalue weighted by atomic mass is 10.1. The molecule has 0 fully saturated rings. The highest BCUT2D eigenvalue weighted by atomic mass is 127. The number of aryl methyl sites for hydroxylation is 1. The maximum absolute atomic E-state index is 12.2. The summed E-state index contributed by atoms with van der Waals surface area (Å²) < 4.78 is 7.77. The van der Waals surface area contributed by atoms with Crippen LogP contribution >= 0.6 is 22.6 Å². The Morgan fingerprint density at radius 3 is 2.67 bits per heavy atom. The minimum atomic E-state index is -0.108. The fraction of sp³-hybridized carbons (Fsp3) is 0.158. The summed E-state index contributed by atoms with van der Waals surface area (Å²) in [6, 6.07) is 17.2. The van der Waals surface area contributed by atoms with Crippen LogP contribution in [0.2, 0.25) is 0 Å². The van der Waals surface area contributed by atoms with Gasteiger partial charge in [-0.15, -0.1) is 0 Å². The molecule has 0 radical (unpaired) electrons. The topological polar surface area (TPSA) is 44.1 Å². The Balaban J connectivity index is 1.99. The summed E-state index contributed by atoms with van der Waals surface area (Å²) in [7, 11) is 1.64. The van der Waals surface area contributed by atoms with Gasteiger partial charge in [0.15, 0.2) is 0 Å². The zero-order chi connectivity index (χ0) is 17.1. The molecular formula is C19H17IN2O2. The number of hydrogen-bond acceptors (Lipinski definition) is 3. The van der Waals surface area contributed by atoms with Crippen LogP contribution in [0, 0.1) is 10.5 Å². The van der Waals surface area contributed by atoms with Gasteiger partial charge in [0.25, 0.3) is 5.56 Å². The third-order valence-corrected chi connectivity index (χ3v) is 4.63. The molecule has 1 aromatic heterocycles. The quantitative estimate of drug-likeness (QED) is 0.588. The van der Waals surface area contributed by atoms with E-state index in [2.05, 4.69) is 33.8 Å². The van der Waals surface area contributed by atoms with Crippen molar-refractivity contribution < 1.29 is 4.74 Å². The smallest absolute Gasteiger partial charge is 0.267 e. The molecule has 0 bridgehead atoms. The lowest BCUT2D eigenvalue weighted by Crippen LogP contribution is -2.23. The fourth-order valence-corrected chi connectivity index (χ4v) is 3.28. The van der Waals surface area contributed by atoms with Gasteiger partial charge in [-0.25, -0.2) is 4.68 Å². The number of nitrogens with zero attached hydrogens (tertiary/aromatic N) is 2. The molecule has 5 heteroatoms. The first-order chi connectivity index (χ1) is 11.6. The molecule has 0 amide bonds. The summed E-state index contributed by atoms with van der Waals surface area (Å²) in [5, 5.41) is 4.54. The molecule has 0 N–H and O–H groups in total. The largest absolute Gasteiger partial charge is 0.497 e. The molecule has 1 heterocycles. The molecule has 0 atom stereocenters. The van der Waals surface area contributed by atoms with E-state index in [4.69, 9.17) is 4.74 Å². The number of benzene rings is 2. The Kier molecular flexibility index (Phi) is 4.99. The van der Waals surface area contributed by atoms with E-state index in [9.17, 15) is 4.79 Å². The third kappa shape index (κ3) is 3.67. The van der Waals surface area contributed by atoms with Crippen LogP contribution in [0.3, 0.4) is 0 Å². The highest BCUT2D eigenvalue weighted by Crippen LogP contribution is 2.26. The molecule has 0 saturated heterocycles. The zero-order valence-electron chi connectivity index (χ0n) is 13.5. The molecule has 0 unspecified atom stereocenters. The first kappa shape index (κ1) is 16.7. The van der Waals surface area contributed by atoms with Gasteiger partial charge < -0.3 is 4.74 Å². The standard InChI is InChI=1S/C19H17IN2O2/c1-13-4-3-5-14(10-13)12-22-19(23)9-8-18(21-22)16-7-6-15(24-2)11-17(16)20/h3-11H,12H2,1-2H3. The van der Waals surface area contributed by atoms with Crippen molar-refractivity contribution in [3.05, 3.63) is 79.6 Å². The van der Waals surface area contributed by atoms with Gasteiger partial charge in [-0.05, 0) is 59.3 Å². The second kappa shape index (κ2) is 7.17. The summed E-state index contributed by atoms with van der Waals surface area (Å²) in [5.41, 5.74) is 3.88. The van der Waals surface area contributed by atoms with Crippen molar-refractivity contribution in [1.82, 2.24) is 9.78 Å². The van der Waals surface area contributed by atoms with Crippen LogP contribution in [0.4, 0.5) is 0 Å². The third-order valence-electron chi connectivity index (χ3n) is 3.73. The highest BCUT2D eigenvalue weighted by molar-refractivity contribution is 14.1. The SMILES string of the molecule is COc1ccc(-c2ccc(=O)n(Cc3cccc(C)c3)n2)c(I)c1. The Morgan fingerprint density at radius 2 is 1.96 bits per heavy atom. The van der Waals surface area contributed by atoms with Crippen LogP contribution in [0.1, 0.15) is 11.1 Å². The van der Waals surface area contributed by atoms with Crippen molar-refractivity contribution in [3.63, 3.8) is 0 Å². The Bertz CT molecular complexity index is 935. The summed E-state index contributed by atoms with van der Waals surface area (Å²) in [4.78, 5) is 12.2. The molecule has 4 nitrogen and oxygen atoms in total. The Labute approximate surface area is 154 Å². The zero-order valence-corrected chi connectivity index (χ0v) is 15.6. The summed E-state index contributed by atoms with van der Waals surface area (Å²) in [6.07, 6.45) is 0. The van der Waals surface area contributed by atoms with E-state index >= 15 is 0 Å². The second-order valence-electron chi connectivity index (χ2n) is 5.55. The predicted octanol–water partition coefficient (Wildman–Crippen LogP) is 3.88. The van der Waals surface area contributed by atoms with Gasteiger partial charge in [0.05, 0.1) is 19.3 Å². The van der Waals surface area contributed by atoms with Gasteiger partial charge in [0, 0.05) is 15.2 Å². The van der Waals surface area contributed by atoms with E-state index in [0.29, 0.717) is 6.54 Å². The molecule has 122 valence electrons. The molecule has 2 aromatic carbocycles. The molecule has 3 aromatic rings. The molecule has 3 rings (SSSR count). The van der Waals surface area contributed by atoms with Crippen LogP contribution in [0.25, 0.3) is 11.3 Å². The van der Waals surface area contributed by atoms with Crippen molar-refractivity contribution in [3.8, 4) is 17.0 Å². The number of rotatable bonds is 4. The van der Waals surface area contributed by atoms with Crippen molar-refractivity contribution in [2.75, 3.05) is 7.11 Å². The van der Waals surface area contributed by atoms with E-state index in [1.807, 2.05) is 43.3 Å². The molecule has 0 saturated carbocycles. The monoisotopic (exact) mass is 432 g/mol. The summed E-state index contributed by atoms with van der Waals surface area (Å²) >= 11 is 2.25. The van der Waals surface area contributed by atoms with Crippen LogP contribution in [-0.4, -0.2) is 16.9 Å². The summed E-state index contributed by atoms with van der Waals surface area (Å²) in [6.45, 7) is 2.50. The molecular weight excluding hydrogens is 415 g/mol. The molecule has 0 spiro atoms.